The van der Waals surface area contributed by atoms with Crippen LogP contribution in [-0.4, -0.2) is 72.8 Å². The SMILES string of the molecule is CCC(C)c1cc(-c2ccc(O)c(N3C(=O)c4ccc(Oc5ccc6c(c5)C(=O)N(C(CC)(CC)c5cccc(Oc7cccc(Oc8cccc(N9C(=O)c%10ccc(Oc%11ccc%12c(c%11)C(=O)N(C(C)(CC)CC)C%12=O)cc%10C9=O)c8)c7)c5)C6=O)cc4C3=O)c2)ccc1O. The zero-order valence-electron chi connectivity index (χ0n) is 53.0. The van der Waals surface area contributed by atoms with Crippen molar-refractivity contribution in [3.05, 3.63) is 238 Å². The molecule has 18 heteroatoms. The van der Waals surface area contributed by atoms with Crippen LogP contribution in [0.3, 0.4) is 0 Å². The Bertz CT molecular complexity index is 4770. The number of nitrogens with zero attached hydrogens (tertiary/aromatic N) is 4. The maximum atomic E-state index is 14.7. The summed E-state index contributed by atoms with van der Waals surface area (Å²) in [6.07, 6.45) is 2.67. The molecule has 9 aromatic rings. The lowest BCUT2D eigenvalue weighted by molar-refractivity contribution is 0.0381. The number of hydrogen-bond acceptors (Lipinski definition) is 14. The van der Waals surface area contributed by atoms with E-state index in [1.165, 1.54) is 64.4 Å². The van der Waals surface area contributed by atoms with Gasteiger partial charge in [-0.1, -0.05) is 77.9 Å². The summed E-state index contributed by atoms with van der Waals surface area (Å²) < 4.78 is 25.1. The Hall–Kier alpha value is -11.7. The van der Waals surface area contributed by atoms with Crippen molar-refractivity contribution >= 4 is 58.6 Å². The minimum absolute atomic E-state index is 0.0142. The number of imide groups is 4. The molecule has 476 valence electrons. The number of amides is 8. The summed E-state index contributed by atoms with van der Waals surface area (Å²) in [5, 5.41) is 21.6. The lowest BCUT2D eigenvalue weighted by atomic mass is 9.82. The zero-order valence-corrected chi connectivity index (χ0v) is 53.0. The first-order valence-corrected chi connectivity index (χ1v) is 31.5. The Kier molecular flexibility index (Phi) is 15.8. The number of aromatic hydroxyl groups is 2. The second-order valence-corrected chi connectivity index (χ2v) is 24.2. The van der Waals surface area contributed by atoms with Gasteiger partial charge in [-0.3, -0.25) is 48.2 Å². The Morgan fingerprint density at radius 1 is 0.368 bits per heavy atom. The van der Waals surface area contributed by atoms with Crippen LogP contribution in [0.25, 0.3) is 11.1 Å². The van der Waals surface area contributed by atoms with Crippen LogP contribution in [0.1, 0.15) is 180 Å². The minimum atomic E-state index is -1.13. The zero-order chi connectivity index (χ0) is 66.9. The van der Waals surface area contributed by atoms with E-state index in [4.69, 9.17) is 18.9 Å². The van der Waals surface area contributed by atoms with E-state index in [0.717, 1.165) is 27.3 Å². The predicted octanol–water partition coefficient (Wildman–Crippen LogP) is 16.5. The summed E-state index contributed by atoms with van der Waals surface area (Å²) in [6.45, 7) is 13.6. The molecule has 95 heavy (non-hydrogen) atoms. The number of anilines is 2. The van der Waals surface area contributed by atoms with E-state index < -0.39 is 52.4 Å². The molecule has 1 unspecified atom stereocenters. The largest absolute Gasteiger partial charge is 0.508 e. The number of hydrogen-bond donors (Lipinski definition) is 2. The molecule has 0 spiro atoms. The van der Waals surface area contributed by atoms with Crippen molar-refractivity contribution in [2.24, 2.45) is 0 Å². The molecule has 0 bridgehead atoms. The predicted molar refractivity (Wildman–Crippen MR) is 354 cm³/mol. The van der Waals surface area contributed by atoms with E-state index in [2.05, 4.69) is 0 Å². The van der Waals surface area contributed by atoms with Gasteiger partial charge in [0.25, 0.3) is 47.3 Å². The van der Waals surface area contributed by atoms with E-state index in [9.17, 15) is 48.6 Å². The molecule has 0 fully saturated rings. The van der Waals surface area contributed by atoms with Gasteiger partial charge in [-0.2, -0.15) is 0 Å². The van der Waals surface area contributed by atoms with Crippen LogP contribution in [0.5, 0.6) is 57.5 Å². The molecular weight excluding hydrogens is 1200 g/mol. The molecule has 4 heterocycles. The topological polar surface area (TPSA) is 227 Å². The maximum Gasteiger partial charge on any atom is 0.266 e. The standard InChI is InChI=1S/C77H64N4O14/c1-8-43(6)60-34-44(22-32-66(60)82)45-23-33-67(83)65(35-45)79-69(85)57-29-25-53(40-62(57)71(79)87)95-55-27-31-59-64(42-55)75(91)81(73(59)89)77(11-4,12-5)46-16-13-18-48(36-46)92-50-20-15-21-51(38-50)93-49-19-14-17-47(37-49)78-68(84)56-28-24-52(39-61(56)70(78)86)94-54-26-30-58-63(41-54)74(90)80(72(58)88)76(7,9-2)10-3/h13-43,82-83H,8-12H2,1-7H3. The third-order valence-electron chi connectivity index (χ3n) is 19.0. The Morgan fingerprint density at radius 3 is 1.27 bits per heavy atom. The van der Waals surface area contributed by atoms with Crippen LogP contribution < -0.4 is 28.7 Å². The van der Waals surface area contributed by atoms with E-state index >= 15 is 0 Å². The smallest absolute Gasteiger partial charge is 0.266 e. The van der Waals surface area contributed by atoms with E-state index in [-0.39, 0.29) is 96.6 Å². The van der Waals surface area contributed by atoms with Crippen molar-refractivity contribution in [1.82, 2.24) is 9.80 Å². The first-order valence-electron chi connectivity index (χ1n) is 31.5. The number of carbonyl (C=O) groups excluding carboxylic acids is 8. The Labute approximate surface area is 547 Å². The number of benzene rings is 9. The molecule has 4 aliphatic heterocycles. The average molecular weight is 1270 g/mol. The van der Waals surface area contributed by atoms with Crippen LogP contribution in [0.2, 0.25) is 0 Å². The van der Waals surface area contributed by atoms with Gasteiger partial charge >= 0.3 is 0 Å². The maximum absolute atomic E-state index is 14.7. The third kappa shape index (κ3) is 10.6. The Morgan fingerprint density at radius 2 is 0.758 bits per heavy atom. The van der Waals surface area contributed by atoms with E-state index in [0.29, 0.717) is 65.4 Å². The highest BCUT2D eigenvalue weighted by atomic mass is 16.5. The molecule has 13 rings (SSSR count). The van der Waals surface area contributed by atoms with Gasteiger partial charge in [0.2, 0.25) is 0 Å². The van der Waals surface area contributed by atoms with Gasteiger partial charge in [0.15, 0.2) is 0 Å². The first-order chi connectivity index (χ1) is 45.7. The number of rotatable bonds is 20. The number of phenolic OH excluding ortho intramolecular Hbond substituents is 2. The van der Waals surface area contributed by atoms with Crippen LogP contribution in [0, 0.1) is 0 Å². The molecule has 0 radical (unpaired) electrons. The molecular formula is C77H64N4O14. The van der Waals surface area contributed by atoms with Crippen molar-refractivity contribution in [3.63, 3.8) is 0 Å². The molecule has 0 saturated heterocycles. The number of fused-ring (bicyclic) bond motifs is 4. The highest BCUT2D eigenvalue weighted by molar-refractivity contribution is 6.36. The lowest BCUT2D eigenvalue weighted by Crippen LogP contribution is -2.48. The van der Waals surface area contributed by atoms with Gasteiger partial charge in [-0.05, 0) is 201 Å². The summed E-state index contributed by atoms with van der Waals surface area (Å²) in [5.74, 6) is -1.92. The summed E-state index contributed by atoms with van der Waals surface area (Å²) in [7, 11) is 0. The van der Waals surface area contributed by atoms with Crippen LogP contribution in [0.4, 0.5) is 11.4 Å². The monoisotopic (exact) mass is 1270 g/mol. The molecule has 0 aliphatic carbocycles. The van der Waals surface area contributed by atoms with Crippen molar-refractivity contribution in [1.29, 1.82) is 0 Å². The molecule has 1 atom stereocenters. The molecule has 8 amide bonds. The van der Waals surface area contributed by atoms with Gasteiger partial charge < -0.3 is 29.2 Å². The highest BCUT2D eigenvalue weighted by Gasteiger charge is 2.49. The molecule has 0 saturated carbocycles. The van der Waals surface area contributed by atoms with Gasteiger partial charge in [0.05, 0.1) is 61.4 Å². The lowest BCUT2D eigenvalue weighted by Gasteiger charge is -2.40. The molecule has 4 aliphatic rings. The van der Waals surface area contributed by atoms with Crippen molar-refractivity contribution in [3.8, 4) is 68.6 Å². The normalized spacial score (nSPS) is 14.6. The molecule has 0 aromatic heterocycles. The fraction of sp³-hybridized carbons (Fsp3) is 0.195. The first kappa shape index (κ1) is 62.2. The highest BCUT2D eigenvalue weighted by Crippen LogP contribution is 2.46. The van der Waals surface area contributed by atoms with E-state index in [1.54, 1.807) is 115 Å². The molecule has 18 nitrogen and oxygen atoms in total. The fourth-order valence-corrected chi connectivity index (χ4v) is 13.0. The Balaban J connectivity index is 0.673. The summed E-state index contributed by atoms with van der Waals surface area (Å²) >= 11 is 0. The summed E-state index contributed by atoms with van der Waals surface area (Å²) in [4.78, 5) is 117. The van der Waals surface area contributed by atoms with Gasteiger partial charge in [0, 0.05) is 17.7 Å². The van der Waals surface area contributed by atoms with Crippen LogP contribution in [0.15, 0.2) is 182 Å². The third-order valence-corrected chi connectivity index (χ3v) is 19.0. The molecule has 2 N–H and O–H groups in total. The number of carbonyl (C=O) groups is 8. The van der Waals surface area contributed by atoms with Crippen LogP contribution >= 0.6 is 0 Å². The number of phenols is 2. The van der Waals surface area contributed by atoms with Crippen molar-refractivity contribution in [2.45, 2.75) is 97.6 Å². The van der Waals surface area contributed by atoms with Gasteiger partial charge in [0.1, 0.15) is 57.5 Å². The summed E-state index contributed by atoms with van der Waals surface area (Å²) in [5.41, 5.74) is 2.41. The van der Waals surface area contributed by atoms with E-state index in [1.807, 2.05) is 60.6 Å². The van der Waals surface area contributed by atoms with Crippen LogP contribution in [-0.2, 0) is 5.54 Å². The second kappa shape index (κ2) is 24.1. The average Bonchev–Trinajstić information content (AvgIpc) is 1.62. The van der Waals surface area contributed by atoms with Gasteiger partial charge in [-0.15, -0.1) is 0 Å². The minimum Gasteiger partial charge on any atom is -0.508 e. The fourth-order valence-electron chi connectivity index (χ4n) is 13.0. The summed E-state index contributed by atoms with van der Waals surface area (Å²) in [6, 6.07) is 48.6. The molecule has 9 aromatic carbocycles. The second-order valence-electron chi connectivity index (χ2n) is 24.2. The number of ether oxygens (including phenoxy) is 4. The van der Waals surface area contributed by atoms with Crippen molar-refractivity contribution in [2.75, 3.05) is 9.80 Å². The quantitative estimate of drug-likeness (QED) is 0.0677. The van der Waals surface area contributed by atoms with Crippen molar-refractivity contribution < 1.29 is 67.5 Å². The van der Waals surface area contributed by atoms with Gasteiger partial charge in [-0.25, -0.2) is 9.80 Å².